The Hall–Kier alpha value is -2.67. The molecule has 4 rings (SSSR count). The summed E-state index contributed by atoms with van der Waals surface area (Å²) in [7, 11) is -1.25. The molecule has 2 aromatic heterocycles. The van der Waals surface area contributed by atoms with E-state index in [-0.39, 0.29) is 11.8 Å². The van der Waals surface area contributed by atoms with Crippen molar-refractivity contribution in [1.29, 1.82) is 0 Å². The largest absolute Gasteiger partial charge is 0.360 e. The second-order valence-corrected chi connectivity index (χ2v) is 7.77. The second kappa shape index (κ2) is 5.45. The SMILES string of the molecule is Cn1nc(N[C@@H]2C=CS(=O)(=O)C2)c2ncc(-c3ccccc3)cc21. The van der Waals surface area contributed by atoms with E-state index in [9.17, 15) is 8.42 Å². The number of anilines is 1. The number of sulfone groups is 1. The number of aryl methyl sites for hydroxylation is 1. The van der Waals surface area contributed by atoms with E-state index in [2.05, 4.69) is 15.4 Å². The van der Waals surface area contributed by atoms with Crippen molar-refractivity contribution >= 4 is 26.7 Å². The molecule has 1 N–H and O–H groups in total. The Morgan fingerprint density at radius 1 is 1.21 bits per heavy atom. The predicted molar refractivity (Wildman–Crippen MR) is 94.3 cm³/mol. The average molecular weight is 340 g/mol. The van der Waals surface area contributed by atoms with Crippen LogP contribution in [0.5, 0.6) is 0 Å². The summed E-state index contributed by atoms with van der Waals surface area (Å²) >= 11 is 0. The Kier molecular flexibility index (Phi) is 3.38. The Labute approximate surface area is 139 Å². The van der Waals surface area contributed by atoms with E-state index in [1.165, 1.54) is 5.41 Å². The second-order valence-electron chi connectivity index (χ2n) is 5.84. The summed E-state index contributed by atoms with van der Waals surface area (Å²) in [6.45, 7) is 0. The monoisotopic (exact) mass is 340 g/mol. The highest BCUT2D eigenvalue weighted by Crippen LogP contribution is 2.27. The van der Waals surface area contributed by atoms with Crippen LogP contribution >= 0.6 is 0 Å². The van der Waals surface area contributed by atoms with Gasteiger partial charge in [0.05, 0.1) is 17.3 Å². The van der Waals surface area contributed by atoms with Crippen LogP contribution in [-0.4, -0.2) is 35.0 Å². The molecule has 0 amide bonds. The molecule has 0 spiro atoms. The van der Waals surface area contributed by atoms with E-state index in [1.807, 2.05) is 49.6 Å². The molecular formula is C17H16N4O2S. The van der Waals surface area contributed by atoms with Gasteiger partial charge >= 0.3 is 0 Å². The molecule has 0 aliphatic carbocycles. The van der Waals surface area contributed by atoms with E-state index >= 15 is 0 Å². The lowest BCUT2D eigenvalue weighted by atomic mass is 10.1. The number of hydrogen-bond acceptors (Lipinski definition) is 5. The van der Waals surface area contributed by atoms with Crippen LogP contribution < -0.4 is 5.32 Å². The van der Waals surface area contributed by atoms with Gasteiger partial charge < -0.3 is 5.32 Å². The van der Waals surface area contributed by atoms with Crippen LogP contribution in [0.4, 0.5) is 5.82 Å². The lowest BCUT2D eigenvalue weighted by molar-refractivity contribution is 0.605. The standard InChI is InChI=1S/C17H16N4O2S/c1-21-15-9-13(12-5-3-2-4-6-12)10-18-16(15)17(20-21)19-14-7-8-24(22,23)11-14/h2-10,14H,11H2,1H3,(H,19,20)/t14-/m1/s1. The molecule has 3 aromatic rings. The number of benzene rings is 1. The maximum absolute atomic E-state index is 11.5. The van der Waals surface area contributed by atoms with Gasteiger partial charge in [-0.25, -0.2) is 13.4 Å². The van der Waals surface area contributed by atoms with Gasteiger partial charge in [-0.15, -0.1) is 0 Å². The molecule has 122 valence electrons. The summed E-state index contributed by atoms with van der Waals surface area (Å²) in [4.78, 5) is 4.54. The van der Waals surface area contributed by atoms with Crippen molar-refractivity contribution in [1.82, 2.24) is 14.8 Å². The predicted octanol–water partition coefficient (Wildman–Crippen LogP) is 2.36. The molecule has 7 heteroatoms. The van der Waals surface area contributed by atoms with Crippen LogP contribution in [-0.2, 0) is 16.9 Å². The number of pyridine rings is 1. The zero-order chi connectivity index (χ0) is 16.7. The molecule has 0 saturated heterocycles. The highest BCUT2D eigenvalue weighted by atomic mass is 32.2. The molecule has 1 atom stereocenters. The highest BCUT2D eigenvalue weighted by Gasteiger charge is 2.23. The van der Waals surface area contributed by atoms with Crippen molar-refractivity contribution in [2.45, 2.75) is 6.04 Å². The zero-order valence-electron chi connectivity index (χ0n) is 13.0. The first-order valence-electron chi connectivity index (χ1n) is 7.57. The number of aromatic nitrogens is 3. The first-order chi connectivity index (χ1) is 11.5. The van der Waals surface area contributed by atoms with Crippen molar-refractivity contribution in [3.63, 3.8) is 0 Å². The van der Waals surface area contributed by atoms with E-state index in [1.54, 1.807) is 10.8 Å². The molecule has 0 bridgehead atoms. The number of nitrogens with one attached hydrogen (secondary N) is 1. The fourth-order valence-electron chi connectivity index (χ4n) is 2.86. The average Bonchev–Trinajstić information content (AvgIpc) is 3.08. The quantitative estimate of drug-likeness (QED) is 0.792. The van der Waals surface area contributed by atoms with Gasteiger partial charge in [0, 0.05) is 24.2 Å². The molecule has 0 unspecified atom stereocenters. The third kappa shape index (κ3) is 2.67. The van der Waals surface area contributed by atoms with Gasteiger partial charge in [-0.1, -0.05) is 30.3 Å². The normalized spacial score (nSPS) is 19.0. The van der Waals surface area contributed by atoms with Crippen LogP contribution in [0.2, 0.25) is 0 Å². The van der Waals surface area contributed by atoms with Crippen molar-refractivity contribution in [3.8, 4) is 11.1 Å². The molecule has 6 nitrogen and oxygen atoms in total. The number of fused-ring (bicyclic) bond motifs is 1. The topological polar surface area (TPSA) is 76.9 Å². The smallest absolute Gasteiger partial charge is 0.175 e. The molecule has 1 aliphatic rings. The summed E-state index contributed by atoms with van der Waals surface area (Å²) in [6.07, 6.45) is 3.46. The molecule has 24 heavy (non-hydrogen) atoms. The van der Waals surface area contributed by atoms with Crippen molar-refractivity contribution in [2.75, 3.05) is 11.1 Å². The minimum atomic E-state index is -3.10. The van der Waals surface area contributed by atoms with Gasteiger partial charge in [-0.2, -0.15) is 5.10 Å². The van der Waals surface area contributed by atoms with Crippen LogP contribution in [0.15, 0.2) is 54.1 Å². The van der Waals surface area contributed by atoms with E-state index in [0.717, 1.165) is 22.2 Å². The van der Waals surface area contributed by atoms with E-state index in [0.29, 0.717) is 5.82 Å². The lowest BCUT2D eigenvalue weighted by Gasteiger charge is -2.08. The van der Waals surface area contributed by atoms with Gasteiger partial charge in [-0.3, -0.25) is 4.68 Å². The number of hydrogen-bond donors (Lipinski definition) is 1. The summed E-state index contributed by atoms with van der Waals surface area (Å²) in [5, 5.41) is 8.86. The molecule has 1 aromatic carbocycles. The van der Waals surface area contributed by atoms with Gasteiger partial charge in [-0.05, 0) is 17.7 Å². The van der Waals surface area contributed by atoms with Crippen molar-refractivity contribution in [3.05, 3.63) is 54.1 Å². The third-order valence-corrected chi connectivity index (χ3v) is 5.45. The first kappa shape index (κ1) is 14.9. The highest BCUT2D eigenvalue weighted by molar-refractivity contribution is 7.94. The van der Waals surface area contributed by atoms with Gasteiger partial charge in [0.15, 0.2) is 15.7 Å². The number of nitrogens with zero attached hydrogens (tertiary/aromatic N) is 3. The molecule has 0 radical (unpaired) electrons. The Balaban J connectivity index is 1.70. The van der Waals surface area contributed by atoms with Crippen LogP contribution in [0.3, 0.4) is 0 Å². The minimum absolute atomic E-state index is 0.0488. The molecule has 0 fully saturated rings. The van der Waals surface area contributed by atoms with Gasteiger partial charge in [0.2, 0.25) is 0 Å². The Morgan fingerprint density at radius 2 is 2.00 bits per heavy atom. The minimum Gasteiger partial charge on any atom is -0.360 e. The lowest BCUT2D eigenvalue weighted by Crippen LogP contribution is -2.21. The van der Waals surface area contributed by atoms with Gasteiger partial charge in [0.25, 0.3) is 0 Å². The van der Waals surface area contributed by atoms with Crippen molar-refractivity contribution in [2.24, 2.45) is 7.05 Å². The van der Waals surface area contributed by atoms with Crippen LogP contribution in [0.25, 0.3) is 22.2 Å². The maximum atomic E-state index is 11.5. The van der Waals surface area contributed by atoms with E-state index in [4.69, 9.17) is 0 Å². The van der Waals surface area contributed by atoms with Crippen LogP contribution in [0, 0.1) is 0 Å². The fraction of sp³-hybridized carbons (Fsp3) is 0.176. The zero-order valence-corrected chi connectivity index (χ0v) is 13.9. The molecule has 3 heterocycles. The number of rotatable bonds is 3. The summed E-state index contributed by atoms with van der Waals surface area (Å²) < 4.78 is 24.8. The third-order valence-electron chi connectivity index (χ3n) is 4.05. The summed E-state index contributed by atoms with van der Waals surface area (Å²) in [5.74, 6) is 0.645. The van der Waals surface area contributed by atoms with Crippen LogP contribution in [0.1, 0.15) is 0 Å². The molecular weight excluding hydrogens is 324 g/mol. The van der Waals surface area contributed by atoms with E-state index < -0.39 is 9.84 Å². The summed E-state index contributed by atoms with van der Waals surface area (Å²) in [5.41, 5.74) is 3.73. The molecule has 0 saturated carbocycles. The Morgan fingerprint density at radius 3 is 2.71 bits per heavy atom. The molecule has 1 aliphatic heterocycles. The van der Waals surface area contributed by atoms with Gasteiger partial charge in [0.1, 0.15) is 5.52 Å². The Bertz CT molecular complexity index is 1040. The summed E-state index contributed by atoms with van der Waals surface area (Å²) in [6, 6.07) is 11.8. The van der Waals surface area contributed by atoms with Crippen molar-refractivity contribution < 1.29 is 8.42 Å². The fourth-order valence-corrected chi connectivity index (χ4v) is 4.10. The maximum Gasteiger partial charge on any atom is 0.175 e. The first-order valence-corrected chi connectivity index (χ1v) is 9.29.